The fraction of sp³-hybridized carbons (Fsp3) is 0.412. The molecule has 7 nitrogen and oxygen atoms in total. The summed E-state index contributed by atoms with van der Waals surface area (Å²) in [5, 5.41) is 19.7. The van der Waals surface area contributed by atoms with Gasteiger partial charge in [0, 0.05) is 48.8 Å². The van der Waals surface area contributed by atoms with Gasteiger partial charge in [0.1, 0.15) is 12.6 Å². The van der Waals surface area contributed by atoms with Gasteiger partial charge >= 0.3 is 11.9 Å². The summed E-state index contributed by atoms with van der Waals surface area (Å²) in [7, 11) is 2.02. The number of fused-ring (bicyclic) bond motifs is 1. The van der Waals surface area contributed by atoms with Crippen molar-refractivity contribution in [2.24, 2.45) is 0 Å². The summed E-state index contributed by atoms with van der Waals surface area (Å²) in [5.41, 5.74) is 1.40. The van der Waals surface area contributed by atoms with Gasteiger partial charge in [-0.05, 0) is 13.1 Å². The van der Waals surface area contributed by atoms with Crippen molar-refractivity contribution in [3.63, 3.8) is 0 Å². The van der Waals surface area contributed by atoms with Crippen molar-refractivity contribution in [3.8, 4) is 0 Å². The van der Waals surface area contributed by atoms with Crippen LogP contribution in [0.4, 0.5) is 0 Å². The third-order valence-electron chi connectivity index (χ3n) is 4.56. The van der Waals surface area contributed by atoms with Gasteiger partial charge in [-0.15, -0.1) is 0 Å². The second kappa shape index (κ2) is 6.62. The maximum Gasteiger partial charge on any atom is 0.325 e. The molecule has 1 aliphatic heterocycles. The highest BCUT2D eigenvalue weighted by atomic mass is 16.4. The van der Waals surface area contributed by atoms with Crippen LogP contribution in [0.1, 0.15) is 11.6 Å². The fourth-order valence-electron chi connectivity index (χ4n) is 3.34. The Morgan fingerprint density at radius 3 is 2.42 bits per heavy atom. The lowest BCUT2D eigenvalue weighted by Gasteiger charge is -2.36. The number of aliphatic carboxylic acids is 2. The van der Waals surface area contributed by atoms with Crippen LogP contribution in [-0.2, 0) is 16.1 Å². The van der Waals surface area contributed by atoms with E-state index in [9.17, 15) is 14.7 Å². The number of para-hydroxylation sites is 1. The highest BCUT2D eigenvalue weighted by Gasteiger charge is 2.32. The van der Waals surface area contributed by atoms with E-state index in [1.54, 1.807) is 10.8 Å². The lowest BCUT2D eigenvalue weighted by Crippen LogP contribution is -2.47. The fourth-order valence-corrected chi connectivity index (χ4v) is 3.34. The molecule has 3 rings (SSSR count). The SMILES string of the molecule is CN1CCN([C@@H](C(=O)O)c2cn(CC(=O)O)c3ccccc23)CC1. The summed E-state index contributed by atoms with van der Waals surface area (Å²) in [6, 6.07) is 6.59. The number of rotatable bonds is 5. The highest BCUT2D eigenvalue weighted by Crippen LogP contribution is 2.31. The number of likely N-dealkylation sites (N-methyl/N-ethyl adjacent to an activating group) is 1. The number of carboxylic acid groups (broad SMARTS) is 2. The molecule has 2 aromatic rings. The van der Waals surface area contributed by atoms with Gasteiger partial charge in [-0.1, -0.05) is 18.2 Å². The minimum Gasteiger partial charge on any atom is -0.480 e. The Kier molecular flexibility index (Phi) is 4.55. The minimum absolute atomic E-state index is 0.185. The minimum atomic E-state index is -0.950. The van der Waals surface area contributed by atoms with Crippen LogP contribution in [0.5, 0.6) is 0 Å². The van der Waals surface area contributed by atoms with Gasteiger partial charge < -0.3 is 19.7 Å². The molecule has 128 valence electrons. The first-order valence-electron chi connectivity index (χ1n) is 7.92. The van der Waals surface area contributed by atoms with Crippen molar-refractivity contribution in [1.29, 1.82) is 0 Å². The van der Waals surface area contributed by atoms with E-state index in [1.807, 2.05) is 36.2 Å². The van der Waals surface area contributed by atoms with Crippen molar-refractivity contribution in [2.45, 2.75) is 12.6 Å². The van der Waals surface area contributed by atoms with Gasteiger partial charge in [-0.3, -0.25) is 14.5 Å². The molecule has 0 radical (unpaired) electrons. The first kappa shape index (κ1) is 16.5. The van der Waals surface area contributed by atoms with E-state index in [-0.39, 0.29) is 6.54 Å². The zero-order valence-corrected chi connectivity index (χ0v) is 13.6. The van der Waals surface area contributed by atoms with Gasteiger partial charge in [-0.2, -0.15) is 0 Å². The van der Waals surface area contributed by atoms with Crippen LogP contribution in [0.2, 0.25) is 0 Å². The Morgan fingerprint density at radius 2 is 1.79 bits per heavy atom. The average Bonchev–Trinajstić information content (AvgIpc) is 2.87. The summed E-state index contributed by atoms with van der Waals surface area (Å²) >= 11 is 0. The maximum absolute atomic E-state index is 12.0. The average molecular weight is 331 g/mol. The van der Waals surface area contributed by atoms with Crippen LogP contribution in [-0.4, -0.2) is 69.7 Å². The quantitative estimate of drug-likeness (QED) is 0.853. The van der Waals surface area contributed by atoms with Crippen LogP contribution in [0, 0.1) is 0 Å². The third-order valence-corrected chi connectivity index (χ3v) is 4.56. The van der Waals surface area contributed by atoms with Crippen LogP contribution < -0.4 is 0 Å². The van der Waals surface area contributed by atoms with E-state index in [2.05, 4.69) is 4.90 Å². The molecule has 0 spiro atoms. The normalized spacial score (nSPS) is 17.9. The van der Waals surface area contributed by atoms with Crippen LogP contribution in [0.3, 0.4) is 0 Å². The van der Waals surface area contributed by atoms with Crippen LogP contribution in [0.25, 0.3) is 10.9 Å². The number of hydrogen-bond acceptors (Lipinski definition) is 4. The van der Waals surface area contributed by atoms with Gasteiger partial charge in [0.15, 0.2) is 0 Å². The lowest BCUT2D eigenvalue weighted by atomic mass is 10.0. The third kappa shape index (κ3) is 3.13. The lowest BCUT2D eigenvalue weighted by molar-refractivity contribution is -0.144. The predicted octanol–water partition coefficient (Wildman–Crippen LogP) is 1.10. The summed E-state index contributed by atoms with van der Waals surface area (Å²) in [5.74, 6) is -1.86. The summed E-state index contributed by atoms with van der Waals surface area (Å²) in [6.07, 6.45) is 1.68. The molecule has 1 aromatic carbocycles. The molecule has 24 heavy (non-hydrogen) atoms. The molecule has 7 heteroatoms. The molecule has 0 unspecified atom stereocenters. The Balaban J connectivity index is 2.04. The molecule has 1 atom stereocenters. The number of benzene rings is 1. The van der Waals surface area contributed by atoms with Gasteiger partial charge in [0.25, 0.3) is 0 Å². The van der Waals surface area contributed by atoms with E-state index in [1.165, 1.54) is 0 Å². The number of piperazine rings is 1. The Labute approximate surface area is 139 Å². The second-order valence-corrected chi connectivity index (χ2v) is 6.20. The maximum atomic E-state index is 12.0. The van der Waals surface area contributed by atoms with E-state index >= 15 is 0 Å². The molecule has 0 bridgehead atoms. The number of hydrogen-bond donors (Lipinski definition) is 2. The first-order valence-corrected chi connectivity index (χ1v) is 7.92. The zero-order chi connectivity index (χ0) is 17.3. The summed E-state index contributed by atoms with van der Waals surface area (Å²) in [6.45, 7) is 2.79. The molecule has 1 aliphatic rings. The number of carbonyl (C=O) groups is 2. The molecule has 1 fully saturated rings. The molecule has 2 N–H and O–H groups in total. The van der Waals surface area contributed by atoms with E-state index in [0.29, 0.717) is 18.7 Å². The van der Waals surface area contributed by atoms with Crippen LogP contribution >= 0.6 is 0 Å². The molecule has 2 heterocycles. The van der Waals surface area contributed by atoms with E-state index < -0.39 is 18.0 Å². The molecular weight excluding hydrogens is 310 g/mol. The highest BCUT2D eigenvalue weighted by molar-refractivity contribution is 5.90. The van der Waals surface area contributed by atoms with Gasteiger partial charge in [0.2, 0.25) is 0 Å². The monoisotopic (exact) mass is 331 g/mol. The largest absolute Gasteiger partial charge is 0.480 e. The Hall–Kier alpha value is -2.38. The van der Waals surface area contributed by atoms with E-state index in [4.69, 9.17) is 5.11 Å². The van der Waals surface area contributed by atoms with Crippen molar-refractivity contribution in [3.05, 3.63) is 36.0 Å². The van der Waals surface area contributed by atoms with Crippen molar-refractivity contribution < 1.29 is 19.8 Å². The molecule has 1 saturated heterocycles. The molecule has 1 aromatic heterocycles. The van der Waals surface area contributed by atoms with Crippen molar-refractivity contribution >= 4 is 22.8 Å². The Bertz CT molecular complexity index is 762. The first-order chi connectivity index (χ1) is 11.5. The number of aromatic nitrogens is 1. The number of carboxylic acids is 2. The number of nitrogens with zero attached hydrogens (tertiary/aromatic N) is 3. The van der Waals surface area contributed by atoms with Gasteiger partial charge in [0.05, 0.1) is 0 Å². The van der Waals surface area contributed by atoms with Crippen LogP contribution in [0.15, 0.2) is 30.5 Å². The molecule has 0 amide bonds. The molecule has 0 aliphatic carbocycles. The summed E-state index contributed by atoms with van der Waals surface area (Å²) in [4.78, 5) is 27.2. The second-order valence-electron chi connectivity index (χ2n) is 6.20. The van der Waals surface area contributed by atoms with Crippen molar-refractivity contribution in [2.75, 3.05) is 33.2 Å². The van der Waals surface area contributed by atoms with E-state index in [0.717, 1.165) is 24.0 Å². The molecular formula is C17H21N3O4. The van der Waals surface area contributed by atoms with Gasteiger partial charge in [-0.25, -0.2) is 0 Å². The summed E-state index contributed by atoms with van der Waals surface area (Å²) < 4.78 is 1.61. The zero-order valence-electron chi connectivity index (χ0n) is 13.6. The standard InChI is InChI=1S/C17H21N3O4/c1-18-6-8-19(9-7-18)16(17(23)24)13-10-20(11-15(21)22)14-5-3-2-4-12(13)14/h2-5,10,16H,6-9,11H2,1H3,(H,21,22)(H,23,24)/t16-/m1/s1. The van der Waals surface area contributed by atoms with Crippen molar-refractivity contribution in [1.82, 2.24) is 14.4 Å². The topological polar surface area (TPSA) is 86.0 Å². The smallest absolute Gasteiger partial charge is 0.325 e. The molecule has 0 saturated carbocycles. The predicted molar refractivity (Wildman–Crippen MR) is 89.0 cm³/mol. The Morgan fingerprint density at radius 1 is 1.12 bits per heavy atom.